The third kappa shape index (κ3) is 3.12. The second-order valence-corrected chi connectivity index (χ2v) is 5.21. The van der Waals surface area contributed by atoms with Crippen LogP contribution in [0, 0.1) is 0 Å². The fourth-order valence-corrected chi connectivity index (χ4v) is 2.57. The van der Waals surface area contributed by atoms with Crippen molar-refractivity contribution in [3.8, 4) is 5.75 Å². The van der Waals surface area contributed by atoms with Crippen LogP contribution in [-0.4, -0.2) is 0 Å². The molecule has 5 heteroatoms. The molecule has 2 N–H and O–H groups in total. The van der Waals surface area contributed by atoms with E-state index >= 15 is 0 Å². The monoisotopic (exact) mass is 359 g/mol. The van der Waals surface area contributed by atoms with E-state index < -0.39 is 0 Å². The molecular formula is C12H11Br2NO2. The third-order valence-corrected chi connectivity index (χ3v) is 3.42. The summed E-state index contributed by atoms with van der Waals surface area (Å²) < 4.78 is 12.9. The lowest BCUT2D eigenvalue weighted by Crippen LogP contribution is -2.02. The number of hydrogen-bond acceptors (Lipinski definition) is 3. The smallest absolute Gasteiger partial charge is 0.146 e. The van der Waals surface area contributed by atoms with Crippen molar-refractivity contribution in [2.45, 2.75) is 13.2 Å². The van der Waals surface area contributed by atoms with Gasteiger partial charge in [0.15, 0.2) is 0 Å². The summed E-state index contributed by atoms with van der Waals surface area (Å²) in [6, 6.07) is 7.60. The molecule has 90 valence electrons. The van der Waals surface area contributed by atoms with Crippen LogP contribution in [0.1, 0.15) is 11.3 Å². The fourth-order valence-electron chi connectivity index (χ4n) is 1.41. The molecule has 2 aromatic rings. The number of rotatable bonds is 4. The Kier molecular flexibility index (Phi) is 4.25. The van der Waals surface area contributed by atoms with Crippen molar-refractivity contribution in [1.82, 2.24) is 0 Å². The lowest BCUT2D eigenvalue weighted by atomic mass is 10.2. The Morgan fingerprint density at radius 1 is 1.24 bits per heavy atom. The van der Waals surface area contributed by atoms with Gasteiger partial charge in [-0.1, -0.05) is 15.9 Å². The molecule has 0 bridgehead atoms. The molecule has 0 aliphatic carbocycles. The normalized spacial score (nSPS) is 10.5. The van der Waals surface area contributed by atoms with E-state index in [1.807, 2.05) is 24.3 Å². The highest BCUT2D eigenvalue weighted by atomic mass is 79.9. The molecule has 0 unspecified atom stereocenters. The van der Waals surface area contributed by atoms with Crippen molar-refractivity contribution in [3.05, 3.63) is 50.8 Å². The molecule has 0 atom stereocenters. The number of benzene rings is 1. The summed E-state index contributed by atoms with van der Waals surface area (Å²) in [6.45, 7) is 0.830. The molecule has 0 fully saturated rings. The molecule has 0 radical (unpaired) electrons. The summed E-state index contributed by atoms with van der Waals surface area (Å²) in [4.78, 5) is 0. The van der Waals surface area contributed by atoms with Crippen molar-refractivity contribution in [2.24, 2.45) is 5.73 Å². The van der Waals surface area contributed by atoms with Crippen LogP contribution in [0.3, 0.4) is 0 Å². The van der Waals surface area contributed by atoms with Crippen molar-refractivity contribution in [2.75, 3.05) is 0 Å². The van der Waals surface area contributed by atoms with Gasteiger partial charge in [0.05, 0.1) is 10.7 Å². The van der Waals surface area contributed by atoms with Gasteiger partial charge in [-0.25, -0.2) is 0 Å². The topological polar surface area (TPSA) is 48.4 Å². The van der Waals surface area contributed by atoms with Crippen molar-refractivity contribution in [1.29, 1.82) is 0 Å². The zero-order valence-corrected chi connectivity index (χ0v) is 12.1. The average Bonchev–Trinajstić information content (AvgIpc) is 2.75. The van der Waals surface area contributed by atoms with Crippen LogP contribution < -0.4 is 10.5 Å². The molecule has 3 nitrogen and oxygen atoms in total. The third-order valence-electron chi connectivity index (χ3n) is 2.31. The Bertz CT molecular complexity index is 511. The van der Waals surface area contributed by atoms with E-state index in [-0.39, 0.29) is 0 Å². The number of nitrogens with two attached hydrogens (primary N) is 1. The van der Waals surface area contributed by atoms with Crippen LogP contribution >= 0.6 is 31.9 Å². The van der Waals surface area contributed by atoms with Gasteiger partial charge in [-0.3, -0.25) is 0 Å². The first-order valence-corrected chi connectivity index (χ1v) is 6.62. The van der Waals surface area contributed by atoms with Crippen molar-refractivity contribution >= 4 is 31.9 Å². The van der Waals surface area contributed by atoms with Gasteiger partial charge in [-0.2, -0.15) is 0 Å². The predicted molar refractivity (Wildman–Crippen MR) is 72.8 cm³/mol. The summed E-state index contributed by atoms with van der Waals surface area (Å²) in [5, 5.41) is 0. The highest BCUT2D eigenvalue weighted by Crippen LogP contribution is 2.29. The predicted octanol–water partition coefficient (Wildman–Crippen LogP) is 3.84. The summed E-state index contributed by atoms with van der Waals surface area (Å²) >= 11 is 6.82. The van der Waals surface area contributed by atoms with E-state index in [1.54, 1.807) is 6.26 Å². The highest BCUT2D eigenvalue weighted by molar-refractivity contribution is 9.11. The fraction of sp³-hybridized carbons (Fsp3) is 0.167. The van der Waals surface area contributed by atoms with Crippen LogP contribution in [0.25, 0.3) is 0 Å². The van der Waals surface area contributed by atoms with Gasteiger partial charge in [0.25, 0.3) is 0 Å². The van der Waals surface area contributed by atoms with Gasteiger partial charge >= 0.3 is 0 Å². The first-order valence-electron chi connectivity index (χ1n) is 5.04. The van der Waals surface area contributed by atoms with E-state index in [4.69, 9.17) is 14.9 Å². The summed E-state index contributed by atoms with van der Waals surface area (Å²) in [5.41, 5.74) is 6.55. The molecule has 1 aromatic heterocycles. The van der Waals surface area contributed by atoms with E-state index in [0.717, 1.165) is 26.0 Å². The van der Waals surface area contributed by atoms with Crippen LogP contribution in [0.15, 0.2) is 43.9 Å². The van der Waals surface area contributed by atoms with Crippen LogP contribution in [0.5, 0.6) is 5.75 Å². The standard InChI is InChI=1S/C12H11Br2NO2/c13-9-1-2-11(10(14)5-9)17-7-12-8(6-15)3-4-16-12/h1-5H,6-7,15H2. The molecule has 1 aromatic carbocycles. The molecule has 0 aliphatic heterocycles. The number of hydrogen-bond donors (Lipinski definition) is 1. The maximum Gasteiger partial charge on any atom is 0.146 e. The Morgan fingerprint density at radius 3 is 2.76 bits per heavy atom. The molecule has 0 spiro atoms. The van der Waals surface area contributed by atoms with Crippen LogP contribution in [-0.2, 0) is 13.2 Å². The lowest BCUT2D eigenvalue weighted by Gasteiger charge is -2.07. The van der Waals surface area contributed by atoms with Crippen LogP contribution in [0.4, 0.5) is 0 Å². The molecule has 0 aliphatic rings. The van der Waals surface area contributed by atoms with Gasteiger partial charge in [-0.15, -0.1) is 0 Å². The number of halogens is 2. The molecule has 0 amide bonds. The van der Waals surface area contributed by atoms with Crippen LogP contribution in [0.2, 0.25) is 0 Å². The van der Waals surface area contributed by atoms with Gasteiger partial charge in [0.1, 0.15) is 18.1 Å². The molecular weight excluding hydrogens is 350 g/mol. The largest absolute Gasteiger partial charge is 0.484 e. The SMILES string of the molecule is NCc1ccoc1COc1ccc(Br)cc1Br. The second kappa shape index (κ2) is 5.71. The Labute approximate surface area is 116 Å². The van der Waals surface area contributed by atoms with E-state index in [9.17, 15) is 0 Å². The van der Waals surface area contributed by atoms with Gasteiger partial charge in [0, 0.05) is 16.6 Å². The van der Waals surface area contributed by atoms with E-state index in [2.05, 4.69) is 31.9 Å². The maximum atomic E-state index is 5.66. The first-order chi connectivity index (χ1) is 8.20. The average molecular weight is 361 g/mol. The zero-order valence-electron chi connectivity index (χ0n) is 8.95. The van der Waals surface area contributed by atoms with Gasteiger partial charge in [-0.05, 0) is 40.2 Å². The highest BCUT2D eigenvalue weighted by Gasteiger charge is 2.07. The number of furan rings is 1. The van der Waals surface area contributed by atoms with Gasteiger partial charge < -0.3 is 14.9 Å². The molecule has 2 rings (SSSR count). The molecule has 0 saturated carbocycles. The Hall–Kier alpha value is -0.780. The Morgan fingerprint density at radius 2 is 2.06 bits per heavy atom. The van der Waals surface area contributed by atoms with Crippen molar-refractivity contribution < 1.29 is 9.15 Å². The summed E-state index contributed by atoms with van der Waals surface area (Å²) in [6.07, 6.45) is 1.62. The minimum atomic E-state index is 0.375. The second-order valence-electron chi connectivity index (χ2n) is 3.44. The summed E-state index contributed by atoms with van der Waals surface area (Å²) in [5.74, 6) is 1.54. The molecule has 1 heterocycles. The van der Waals surface area contributed by atoms with E-state index in [1.165, 1.54) is 0 Å². The lowest BCUT2D eigenvalue weighted by molar-refractivity contribution is 0.267. The Balaban J connectivity index is 2.07. The maximum absolute atomic E-state index is 5.66. The minimum absolute atomic E-state index is 0.375. The number of ether oxygens (including phenoxy) is 1. The quantitative estimate of drug-likeness (QED) is 0.900. The molecule has 0 saturated heterocycles. The first kappa shape index (κ1) is 12.7. The minimum Gasteiger partial charge on any atom is -0.484 e. The van der Waals surface area contributed by atoms with Crippen molar-refractivity contribution in [3.63, 3.8) is 0 Å². The molecule has 17 heavy (non-hydrogen) atoms. The van der Waals surface area contributed by atoms with Gasteiger partial charge in [0.2, 0.25) is 0 Å². The van der Waals surface area contributed by atoms with E-state index in [0.29, 0.717) is 13.2 Å². The summed E-state index contributed by atoms with van der Waals surface area (Å²) in [7, 11) is 0. The zero-order chi connectivity index (χ0) is 12.3.